The molecule has 0 aromatic carbocycles. The van der Waals surface area contributed by atoms with Crippen LogP contribution in [0.25, 0.3) is 0 Å². The van der Waals surface area contributed by atoms with Gasteiger partial charge in [0.15, 0.2) is 5.69 Å². The molecule has 0 saturated heterocycles. The Balaban J connectivity index is 2.40. The number of oxazole rings is 1. The number of nitrogens with one attached hydrogen (secondary N) is 2. The fourth-order valence-corrected chi connectivity index (χ4v) is 1.13. The number of aromatic nitrogens is 1. The SMILES string of the molecule is CNCc1nc(C(=O)NCCN(C)C)co1. The second-order valence-corrected chi connectivity index (χ2v) is 3.72. The van der Waals surface area contributed by atoms with E-state index in [2.05, 4.69) is 15.6 Å². The van der Waals surface area contributed by atoms with Crippen LogP contribution >= 0.6 is 0 Å². The predicted molar refractivity (Wildman–Crippen MR) is 60.2 cm³/mol. The van der Waals surface area contributed by atoms with Crippen molar-refractivity contribution >= 4 is 5.91 Å². The van der Waals surface area contributed by atoms with Crippen molar-refractivity contribution in [3.63, 3.8) is 0 Å². The van der Waals surface area contributed by atoms with Crippen LogP contribution in [0.2, 0.25) is 0 Å². The van der Waals surface area contributed by atoms with Crippen molar-refractivity contribution in [1.82, 2.24) is 20.5 Å². The molecule has 90 valence electrons. The average Bonchev–Trinajstić information content (AvgIpc) is 2.66. The van der Waals surface area contributed by atoms with Gasteiger partial charge in [0.1, 0.15) is 6.26 Å². The van der Waals surface area contributed by atoms with Crippen molar-refractivity contribution < 1.29 is 9.21 Å². The number of likely N-dealkylation sites (N-methyl/N-ethyl adjacent to an activating group) is 1. The van der Waals surface area contributed by atoms with Crippen LogP contribution in [0.4, 0.5) is 0 Å². The minimum Gasteiger partial charge on any atom is -0.447 e. The highest BCUT2D eigenvalue weighted by Gasteiger charge is 2.10. The van der Waals surface area contributed by atoms with E-state index in [0.29, 0.717) is 24.7 Å². The summed E-state index contributed by atoms with van der Waals surface area (Å²) in [5.41, 5.74) is 0.323. The summed E-state index contributed by atoms with van der Waals surface area (Å²) in [5, 5.41) is 5.66. The van der Waals surface area contributed by atoms with Gasteiger partial charge in [-0.1, -0.05) is 0 Å². The Bertz CT molecular complexity index is 335. The van der Waals surface area contributed by atoms with Crippen LogP contribution in [0.1, 0.15) is 16.4 Å². The van der Waals surface area contributed by atoms with Gasteiger partial charge in [0.05, 0.1) is 6.54 Å². The van der Waals surface area contributed by atoms with Gasteiger partial charge in [-0.05, 0) is 21.1 Å². The number of carbonyl (C=O) groups is 1. The normalized spacial score (nSPS) is 10.8. The van der Waals surface area contributed by atoms with Gasteiger partial charge in [-0.2, -0.15) is 0 Å². The largest absolute Gasteiger partial charge is 0.447 e. The number of carbonyl (C=O) groups excluding carboxylic acids is 1. The first-order chi connectivity index (χ1) is 7.63. The number of amides is 1. The molecular weight excluding hydrogens is 208 g/mol. The number of hydrogen-bond donors (Lipinski definition) is 2. The topological polar surface area (TPSA) is 70.4 Å². The lowest BCUT2D eigenvalue weighted by atomic mass is 10.4. The summed E-state index contributed by atoms with van der Waals surface area (Å²) in [5.74, 6) is 0.313. The second kappa shape index (κ2) is 6.24. The molecule has 1 aromatic heterocycles. The Kier molecular flexibility index (Phi) is 4.94. The maximum Gasteiger partial charge on any atom is 0.273 e. The molecule has 0 spiro atoms. The molecule has 1 rings (SSSR count). The summed E-state index contributed by atoms with van der Waals surface area (Å²) >= 11 is 0. The summed E-state index contributed by atoms with van der Waals surface area (Å²) in [6.45, 7) is 1.91. The third-order valence-corrected chi connectivity index (χ3v) is 1.96. The highest BCUT2D eigenvalue weighted by atomic mass is 16.3. The smallest absolute Gasteiger partial charge is 0.273 e. The number of rotatable bonds is 6. The zero-order valence-corrected chi connectivity index (χ0v) is 9.91. The third kappa shape index (κ3) is 4.00. The van der Waals surface area contributed by atoms with Gasteiger partial charge < -0.3 is 20.0 Å². The molecule has 1 aromatic rings. The molecule has 1 heterocycles. The van der Waals surface area contributed by atoms with Crippen LogP contribution in [0.15, 0.2) is 10.7 Å². The van der Waals surface area contributed by atoms with E-state index in [9.17, 15) is 4.79 Å². The molecule has 0 radical (unpaired) electrons. The van der Waals surface area contributed by atoms with Crippen LogP contribution in [-0.4, -0.2) is 50.0 Å². The first kappa shape index (κ1) is 12.7. The Morgan fingerprint density at radius 2 is 2.31 bits per heavy atom. The van der Waals surface area contributed by atoms with Crippen molar-refractivity contribution in [2.45, 2.75) is 6.54 Å². The van der Waals surface area contributed by atoms with Gasteiger partial charge in [0.25, 0.3) is 5.91 Å². The van der Waals surface area contributed by atoms with E-state index in [-0.39, 0.29) is 5.91 Å². The van der Waals surface area contributed by atoms with E-state index in [1.54, 1.807) is 7.05 Å². The van der Waals surface area contributed by atoms with Gasteiger partial charge >= 0.3 is 0 Å². The number of hydrogen-bond acceptors (Lipinski definition) is 5. The fourth-order valence-electron chi connectivity index (χ4n) is 1.13. The Morgan fingerprint density at radius 1 is 1.56 bits per heavy atom. The molecule has 0 fully saturated rings. The standard InChI is InChI=1S/C10H18N4O2/c1-11-6-9-13-8(7-16-9)10(15)12-4-5-14(2)3/h7,11H,4-6H2,1-3H3,(H,12,15). The molecular formula is C10H18N4O2. The van der Waals surface area contributed by atoms with Crippen molar-refractivity contribution in [2.24, 2.45) is 0 Å². The monoisotopic (exact) mass is 226 g/mol. The molecule has 0 saturated carbocycles. The zero-order chi connectivity index (χ0) is 12.0. The van der Waals surface area contributed by atoms with Gasteiger partial charge in [0.2, 0.25) is 5.89 Å². The van der Waals surface area contributed by atoms with Crippen LogP contribution in [0.5, 0.6) is 0 Å². The molecule has 0 aliphatic heterocycles. The first-order valence-corrected chi connectivity index (χ1v) is 5.15. The lowest BCUT2D eigenvalue weighted by Gasteiger charge is -2.09. The van der Waals surface area contributed by atoms with Gasteiger partial charge in [-0.15, -0.1) is 0 Å². The molecule has 6 heteroatoms. The lowest BCUT2D eigenvalue weighted by Crippen LogP contribution is -2.31. The van der Waals surface area contributed by atoms with E-state index in [1.807, 2.05) is 19.0 Å². The maximum absolute atomic E-state index is 11.6. The highest BCUT2D eigenvalue weighted by Crippen LogP contribution is 2.01. The van der Waals surface area contributed by atoms with Crippen molar-refractivity contribution in [1.29, 1.82) is 0 Å². The molecule has 1 amide bonds. The average molecular weight is 226 g/mol. The second-order valence-electron chi connectivity index (χ2n) is 3.72. The molecule has 0 unspecified atom stereocenters. The van der Waals surface area contributed by atoms with Crippen LogP contribution in [0.3, 0.4) is 0 Å². The quantitative estimate of drug-likeness (QED) is 0.696. The van der Waals surface area contributed by atoms with E-state index in [4.69, 9.17) is 4.42 Å². The summed E-state index contributed by atoms with van der Waals surface area (Å²) < 4.78 is 5.11. The molecule has 0 atom stereocenters. The van der Waals surface area contributed by atoms with E-state index in [1.165, 1.54) is 6.26 Å². The summed E-state index contributed by atoms with van der Waals surface area (Å²) in [6, 6.07) is 0. The summed E-state index contributed by atoms with van der Waals surface area (Å²) in [6.07, 6.45) is 1.37. The molecule has 0 aliphatic carbocycles. The van der Waals surface area contributed by atoms with E-state index < -0.39 is 0 Å². The minimum atomic E-state index is -0.201. The molecule has 2 N–H and O–H groups in total. The Labute approximate surface area is 95.0 Å². The predicted octanol–water partition coefficient (Wildman–Crippen LogP) is -0.315. The lowest BCUT2D eigenvalue weighted by molar-refractivity contribution is 0.0946. The zero-order valence-electron chi connectivity index (χ0n) is 9.91. The highest BCUT2D eigenvalue weighted by molar-refractivity contribution is 5.91. The Morgan fingerprint density at radius 3 is 2.94 bits per heavy atom. The maximum atomic E-state index is 11.6. The summed E-state index contributed by atoms with van der Waals surface area (Å²) in [7, 11) is 5.70. The van der Waals surface area contributed by atoms with Crippen LogP contribution < -0.4 is 10.6 Å². The van der Waals surface area contributed by atoms with Crippen LogP contribution in [-0.2, 0) is 6.54 Å². The number of nitrogens with zero attached hydrogens (tertiary/aromatic N) is 2. The minimum absolute atomic E-state index is 0.201. The molecule has 6 nitrogen and oxygen atoms in total. The van der Waals surface area contributed by atoms with Crippen molar-refractivity contribution in [3.8, 4) is 0 Å². The third-order valence-electron chi connectivity index (χ3n) is 1.96. The van der Waals surface area contributed by atoms with E-state index >= 15 is 0 Å². The first-order valence-electron chi connectivity index (χ1n) is 5.15. The summed E-state index contributed by atoms with van der Waals surface area (Å²) in [4.78, 5) is 17.6. The van der Waals surface area contributed by atoms with Crippen molar-refractivity contribution in [2.75, 3.05) is 34.2 Å². The van der Waals surface area contributed by atoms with Crippen molar-refractivity contribution in [3.05, 3.63) is 17.8 Å². The molecule has 0 bridgehead atoms. The van der Waals surface area contributed by atoms with Gasteiger partial charge in [-0.3, -0.25) is 4.79 Å². The van der Waals surface area contributed by atoms with Gasteiger partial charge in [0, 0.05) is 13.1 Å². The van der Waals surface area contributed by atoms with Gasteiger partial charge in [-0.25, -0.2) is 4.98 Å². The van der Waals surface area contributed by atoms with Crippen LogP contribution in [0, 0.1) is 0 Å². The molecule has 0 aliphatic rings. The Hall–Kier alpha value is -1.40. The van der Waals surface area contributed by atoms with E-state index in [0.717, 1.165) is 6.54 Å². The molecule has 16 heavy (non-hydrogen) atoms. The fraction of sp³-hybridized carbons (Fsp3) is 0.600.